The highest BCUT2D eigenvalue weighted by Gasteiger charge is 2.35. The van der Waals surface area contributed by atoms with Gasteiger partial charge in [-0.05, 0) is 35.6 Å². The molecule has 0 aliphatic carbocycles. The molecule has 4 heteroatoms. The molecule has 4 nitrogen and oxygen atoms in total. The zero-order valence-electron chi connectivity index (χ0n) is 14.9. The largest absolute Gasteiger partial charge is 0.489 e. The van der Waals surface area contributed by atoms with E-state index in [0.717, 1.165) is 12.0 Å². The summed E-state index contributed by atoms with van der Waals surface area (Å²) in [4.78, 5) is 14.8. The van der Waals surface area contributed by atoms with Crippen molar-refractivity contribution >= 4 is 5.91 Å². The summed E-state index contributed by atoms with van der Waals surface area (Å²) in [7, 11) is 0. The molecule has 1 atom stereocenters. The van der Waals surface area contributed by atoms with E-state index >= 15 is 0 Å². The lowest BCUT2D eigenvalue weighted by Crippen LogP contribution is -2.53. The second kappa shape index (κ2) is 7.28. The fraction of sp³-hybridized carbons (Fsp3) is 0.381. The second-order valence-corrected chi connectivity index (χ2v) is 7.41. The number of rotatable bonds is 4. The Morgan fingerprint density at radius 3 is 2.68 bits per heavy atom. The van der Waals surface area contributed by atoms with Crippen LogP contribution < -0.4 is 10.5 Å². The van der Waals surface area contributed by atoms with E-state index in [1.54, 1.807) is 0 Å². The molecular formula is C21H26N2O2. The molecule has 1 fully saturated rings. The predicted molar refractivity (Wildman–Crippen MR) is 99.5 cm³/mol. The average molecular weight is 338 g/mol. The Morgan fingerprint density at radius 2 is 1.96 bits per heavy atom. The van der Waals surface area contributed by atoms with Crippen LogP contribution in [0, 0.1) is 5.41 Å². The van der Waals surface area contributed by atoms with Gasteiger partial charge in [0.05, 0.1) is 0 Å². The van der Waals surface area contributed by atoms with Crippen molar-refractivity contribution in [3.63, 3.8) is 0 Å². The quantitative estimate of drug-likeness (QED) is 0.929. The number of benzene rings is 2. The number of hydrogen-bond acceptors (Lipinski definition) is 3. The lowest BCUT2D eigenvalue weighted by atomic mass is 9.79. The van der Waals surface area contributed by atoms with Crippen molar-refractivity contribution in [3.05, 3.63) is 65.7 Å². The smallest absolute Gasteiger partial charge is 0.254 e. The maximum Gasteiger partial charge on any atom is 0.254 e. The molecule has 0 bridgehead atoms. The Kier molecular flexibility index (Phi) is 5.09. The number of carbonyl (C=O) groups excluding carboxylic acids is 1. The monoisotopic (exact) mass is 338 g/mol. The minimum atomic E-state index is -0.0602. The van der Waals surface area contributed by atoms with Gasteiger partial charge < -0.3 is 15.4 Å². The van der Waals surface area contributed by atoms with Crippen LogP contribution in [-0.4, -0.2) is 29.9 Å². The van der Waals surface area contributed by atoms with Crippen LogP contribution in [0.3, 0.4) is 0 Å². The Hall–Kier alpha value is -2.33. The van der Waals surface area contributed by atoms with Gasteiger partial charge in [0.25, 0.3) is 5.91 Å². The summed E-state index contributed by atoms with van der Waals surface area (Å²) in [5, 5.41) is 0. The summed E-state index contributed by atoms with van der Waals surface area (Å²) in [6, 6.07) is 17.6. The van der Waals surface area contributed by atoms with Crippen LogP contribution in [-0.2, 0) is 6.61 Å². The Morgan fingerprint density at radius 1 is 1.20 bits per heavy atom. The standard InChI is InChI=1S/C21H26N2O2/c1-21(2)15-23(12-11-19(21)22)20(24)17-9-6-10-18(13-17)25-14-16-7-4-3-5-8-16/h3-10,13,19H,11-12,14-15,22H2,1-2H3. The van der Waals surface area contributed by atoms with Crippen LogP contribution in [0.4, 0.5) is 0 Å². The Bertz CT molecular complexity index is 728. The molecule has 1 amide bonds. The molecule has 132 valence electrons. The van der Waals surface area contributed by atoms with E-state index in [1.165, 1.54) is 0 Å². The molecule has 2 N–H and O–H groups in total. The van der Waals surface area contributed by atoms with Gasteiger partial charge in [0.15, 0.2) is 0 Å². The summed E-state index contributed by atoms with van der Waals surface area (Å²) in [6.07, 6.45) is 0.836. The number of nitrogens with two attached hydrogens (primary N) is 1. The second-order valence-electron chi connectivity index (χ2n) is 7.41. The summed E-state index contributed by atoms with van der Waals surface area (Å²) >= 11 is 0. The first-order chi connectivity index (χ1) is 12.0. The first kappa shape index (κ1) is 17.5. The third-order valence-corrected chi connectivity index (χ3v) is 4.93. The Balaban J connectivity index is 1.67. The lowest BCUT2D eigenvalue weighted by molar-refractivity contribution is 0.0532. The first-order valence-electron chi connectivity index (χ1n) is 8.77. The first-order valence-corrected chi connectivity index (χ1v) is 8.77. The number of amides is 1. The third kappa shape index (κ3) is 4.20. The molecule has 0 radical (unpaired) electrons. The number of likely N-dealkylation sites (tertiary alicyclic amines) is 1. The van der Waals surface area contributed by atoms with Gasteiger partial charge in [-0.1, -0.05) is 50.2 Å². The number of nitrogens with zero attached hydrogens (tertiary/aromatic N) is 1. The van der Waals surface area contributed by atoms with Crippen LogP contribution in [0.25, 0.3) is 0 Å². The van der Waals surface area contributed by atoms with Gasteiger partial charge >= 0.3 is 0 Å². The number of carbonyl (C=O) groups is 1. The number of ether oxygens (including phenoxy) is 1. The molecule has 1 unspecified atom stereocenters. The lowest BCUT2D eigenvalue weighted by Gasteiger charge is -2.42. The van der Waals surface area contributed by atoms with Crippen molar-refractivity contribution < 1.29 is 9.53 Å². The third-order valence-electron chi connectivity index (χ3n) is 4.93. The van der Waals surface area contributed by atoms with Crippen molar-refractivity contribution in [2.24, 2.45) is 11.1 Å². The molecule has 2 aromatic rings. The Labute approximate surface area is 149 Å². The van der Waals surface area contributed by atoms with Crippen LogP contribution in [0.15, 0.2) is 54.6 Å². The van der Waals surface area contributed by atoms with Crippen LogP contribution in [0.5, 0.6) is 5.75 Å². The summed E-state index contributed by atoms with van der Waals surface area (Å²) in [5.74, 6) is 0.757. The minimum absolute atomic E-state index is 0.0464. The van der Waals surface area contributed by atoms with E-state index in [-0.39, 0.29) is 17.4 Å². The summed E-state index contributed by atoms with van der Waals surface area (Å²) < 4.78 is 5.84. The minimum Gasteiger partial charge on any atom is -0.489 e. The number of piperidine rings is 1. The molecular weight excluding hydrogens is 312 g/mol. The molecule has 1 aliphatic rings. The van der Waals surface area contributed by atoms with Crippen molar-refractivity contribution in [1.82, 2.24) is 4.90 Å². The molecule has 1 heterocycles. The van der Waals surface area contributed by atoms with Gasteiger partial charge in [0, 0.05) is 24.7 Å². The molecule has 1 aliphatic heterocycles. The van der Waals surface area contributed by atoms with E-state index < -0.39 is 0 Å². The van der Waals surface area contributed by atoms with Gasteiger partial charge in [-0.15, -0.1) is 0 Å². The molecule has 2 aromatic carbocycles. The number of hydrogen-bond donors (Lipinski definition) is 1. The van der Waals surface area contributed by atoms with Gasteiger partial charge in [0.1, 0.15) is 12.4 Å². The summed E-state index contributed by atoms with van der Waals surface area (Å²) in [6.45, 7) is 6.12. The van der Waals surface area contributed by atoms with E-state index in [1.807, 2.05) is 59.5 Å². The van der Waals surface area contributed by atoms with Crippen LogP contribution in [0.1, 0.15) is 36.2 Å². The normalized spacial score (nSPS) is 19.5. The fourth-order valence-electron chi connectivity index (χ4n) is 3.19. The fourth-order valence-corrected chi connectivity index (χ4v) is 3.19. The van der Waals surface area contributed by atoms with Gasteiger partial charge in [0.2, 0.25) is 0 Å². The van der Waals surface area contributed by atoms with E-state index in [9.17, 15) is 4.79 Å². The van der Waals surface area contributed by atoms with E-state index in [2.05, 4.69) is 13.8 Å². The van der Waals surface area contributed by atoms with E-state index in [0.29, 0.717) is 31.0 Å². The zero-order valence-corrected chi connectivity index (χ0v) is 14.9. The molecule has 0 saturated carbocycles. The van der Waals surface area contributed by atoms with Crippen LogP contribution >= 0.6 is 0 Å². The maximum absolute atomic E-state index is 12.9. The molecule has 0 aromatic heterocycles. The molecule has 25 heavy (non-hydrogen) atoms. The molecule has 1 saturated heterocycles. The summed E-state index contributed by atoms with van der Waals surface area (Å²) in [5.41, 5.74) is 7.88. The highest BCUT2D eigenvalue weighted by Crippen LogP contribution is 2.29. The molecule has 3 rings (SSSR count). The predicted octanol–water partition coefficient (Wildman–Crippen LogP) is 3.47. The maximum atomic E-state index is 12.9. The van der Waals surface area contributed by atoms with Gasteiger partial charge in [-0.25, -0.2) is 0 Å². The van der Waals surface area contributed by atoms with Crippen LogP contribution in [0.2, 0.25) is 0 Å². The SMILES string of the molecule is CC1(C)CN(C(=O)c2cccc(OCc3ccccc3)c2)CCC1N. The van der Waals surface area contributed by atoms with Crippen molar-refractivity contribution in [3.8, 4) is 5.75 Å². The highest BCUT2D eigenvalue weighted by molar-refractivity contribution is 5.94. The van der Waals surface area contributed by atoms with Gasteiger partial charge in [-0.2, -0.15) is 0 Å². The van der Waals surface area contributed by atoms with Gasteiger partial charge in [-0.3, -0.25) is 4.79 Å². The topological polar surface area (TPSA) is 55.6 Å². The van der Waals surface area contributed by atoms with Crippen molar-refractivity contribution in [1.29, 1.82) is 0 Å². The zero-order chi connectivity index (χ0) is 17.9. The van der Waals surface area contributed by atoms with Crippen molar-refractivity contribution in [2.75, 3.05) is 13.1 Å². The van der Waals surface area contributed by atoms with E-state index in [4.69, 9.17) is 10.5 Å². The average Bonchev–Trinajstić information content (AvgIpc) is 2.63. The molecule has 0 spiro atoms. The van der Waals surface area contributed by atoms with Crippen molar-refractivity contribution in [2.45, 2.75) is 32.9 Å². The highest BCUT2D eigenvalue weighted by atomic mass is 16.5.